The molecule has 0 saturated carbocycles. The highest BCUT2D eigenvalue weighted by molar-refractivity contribution is 6.31. The molecular weight excluding hydrogens is 284 g/mol. The third-order valence-electron chi connectivity index (χ3n) is 3.49. The molecular formula is C17H17ClN2O. The summed E-state index contributed by atoms with van der Waals surface area (Å²) in [6, 6.07) is 11.8. The Morgan fingerprint density at radius 2 is 1.95 bits per heavy atom. The van der Waals surface area contributed by atoms with Crippen LogP contribution in [-0.2, 0) is 0 Å². The summed E-state index contributed by atoms with van der Waals surface area (Å²) in [7, 11) is 0. The molecule has 0 radical (unpaired) electrons. The maximum absolute atomic E-state index is 6.05. The molecule has 1 heterocycles. The summed E-state index contributed by atoms with van der Waals surface area (Å²) in [6.45, 7) is 6.08. The molecule has 0 aliphatic heterocycles. The van der Waals surface area contributed by atoms with E-state index >= 15 is 0 Å². The fraction of sp³-hybridized carbons (Fsp3) is 0.235. The van der Waals surface area contributed by atoms with Crippen molar-refractivity contribution in [3.8, 4) is 5.75 Å². The number of benzene rings is 2. The van der Waals surface area contributed by atoms with E-state index in [2.05, 4.69) is 29.0 Å². The highest BCUT2D eigenvalue weighted by Crippen LogP contribution is 2.26. The van der Waals surface area contributed by atoms with Crippen molar-refractivity contribution < 1.29 is 4.74 Å². The van der Waals surface area contributed by atoms with Gasteiger partial charge in [-0.3, -0.25) is 0 Å². The molecule has 0 aliphatic carbocycles. The van der Waals surface area contributed by atoms with Gasteiger partial charge >= 0.3 is 0 Å². The van der Waals surface area contributed by atoms with Gasteiger partial charge in [0.1, 0.15) is 11.6 Å². The number of aromatic nitrogens is 2. The van der Waals surface area contributed by atoms with E-state index in [-0.39, 0.29) is 6.10 Å². The highest BCUT2D eigenvalue weighted by Gasteiger charge is 2.14. The number of imidazole rings is 1. The zero-order valence-electron chi connectivity index (χ0n) is 12.3. The van der Waals surface area contributed by atoms with Crippen LogP contribution in [0.15, 0.2) is 36.4 Å². The first-order valence-corrected chi connectivity index (χ1v) is 7.30. The molecule has 1 aromatic heterocycles. The van der Waals surface area contributed by atoms with E-state index in [4.69, 9.17) is 16.3 Å². The number of nitrogens with zero attached hydrogens (tertiary/aromatic N) is 1. The Balaban J connectivity index is 1.89. The van der Waals surface area contributed by atoms with Gasteiger partial charge in [-0.2, -0.15) is 0 Å². The molecule has 2 aromatic carbocycles. The van der Waals surface area contributed by atoms with Crippen molar-refractivity contribution in [1.82, 2.24) is 9.97 Å². The Kier molecular flexibility index (Phi) is 3.60. The van der Waals surface area contributed by atoms with Crippen molar-refractivity contribution >= 4 is 22.6 Å². The predicted octanol–water partition coefficient (Wildman–Crippen LogP) is 4.97. The number of aromatic amines is 1. The van der Waals surface area contributed by atoms with Crippen molar-refractivity contribution in [2.75, 3.05) is 0 Å². The number of hydrogen-bond acceptors (Lipinski definition) is 2. The van der Waals surface area contributed by atoms with E-state index in [9.17, 15) is 0 Å². The van der Waals surface area contributed by atoms with Crippen LogP contribution in [0.5, 0.6) is 5.75 Å². The molecule has 21 heavy (non-hydrogen) atoms. The number of nitrogens with one attached hydrogen (secondary N) is 1. The lowest BCUT2D eigenvalue weighted by Gasteiger charge is -2.15. The molecule has 0 amide bonds. The zero-order chi connectivity index (χ0) is 15.0. The van der Waals surface area contributed by atoms with Gasteiger partial charge in [0, 0.05) is 5.02 Å². The van der Waals surface area contributed by atoms with Crippen molar-refractivity contribution in [2.24, 2.45) is 0 Å². The number of aryl methyl sites for hydroxylation is 2. The van der Waals surface area contributed by atoms with Crippen LogP contribution in [0.2, 0.25) is 5.02 Å². The molecule has 0 bridgehead atoms. The van der Waals surface area contributed by atoms with Gasteiger partial charge in [-0.1, -0.05) is 23.7 Å². The molecule has 0 saturated heterocycles. The Morgan fingerprint density at radius 1 is 1.14 bits per heavy atom. The SMILES string of the molecule is Cc1ccc(C)c(O[C@H](C)c2nc3ccc(Cl)cc3[nH]2)c1. The minimum atomic E-state index is -0.156. The van der Waals surface area contributed by atoms with E-state index < -0.39 is 0 Å². The Morgan fingerprint density at radius 3 is 2.76 bits per heavy atom. The quantitative estimate of drug-likeness (QED) is 0.741. The Hall–Kier alpha value is -2.00. The molecule has 0 unspecified atom stereocenters. The molecule has 0 aliphatic rings. The monoisotopic (exact) mass is 300 g/mol. The summed E-state index contributed by atoms with van der Waals surface area (Å²) < 4.78 is 6.05. The predicted molar refractivity (Wildman–Crippen MR) is 86.1 cm³/mol. The summed E-state index contributed by atoms with van der Waals surface area (Å²) in [6.07, 6.45) is -0.156. The molecule has 1 atom stereocenters. The average molecular weight is 301 g/mol. The van der Waals surface area contributed by atoms with Crippen LogP contribution < -0.4 is 4.74 Å². The summed E-state index contributed by atoms with van der Waals surface area (Å²) in [5.74, 6) is 1.69. The van der Waals surface area contributed by atoms with Crippen LogP contribution in [0.3, 0.4) is 0 Å². The smallest absolute Gasteiger partial charge is 0.153 e. The van der Waals surface area contributed by atoms with Gasteiger partial charge in [0.05, 0.1) is 11.0 Å². The van der Waals surface area contributed by atoms with E-state index in [1.807, 2.05) is 38.1 Å². The van der Waals surface area contributed by atoms with Crippen LogP contribution >= 0.6 is 11.6 Å². The van der Waals surface area contributed by atoms with Gasteiger partial charge in [0.15, 0.2) is 6.10 Å². The number of ether oxygens (including phenoxy) is 1. The lowest BCUT2D eigenvalue weighted by Crippen LogP contribution is -2.06. The number of H-pyrrole nitrogens is 1. The number of halogens is 1. The number of fused-ring (bicyclic) bond motifs is 1. The molecule has 0 spiro atoms. The summed E-state index contributed by atoms with van der Waals surface area (Å²) in [5.41, 5.74) is 4.12. The van der Waals surface area contributed by atoms with Crippen LogP contribution in [0, 0.1) is 13.8 Å². The summed E-state index contributed by atoms with van der Waals surface area (Å²) in [4.78, 5) is 7.83. The first-order valence-electron chi connectivity index (χ1n) is 6.92. The molecule has 108 valence electrons. The zero-order valence-corrected chi connectivity index (χ0v) is 13.0. The molecule has 4 heteroatoms. The van der Waals surface area contributed by atoms with Crippen molar-refractivity contribution in [2.45, 2.75) is 26.9 Å². The molecule has 3 rings (SSSR count). The minimum absolute atomic E-state index is 0.156. The molecule has 3 aromatic rings. The minimum Gasteiger partial charge on any atom is -0.483 e. The fourth-order valence-electron chi connectivity index (χ4n) is 2.27. The van der Waals surface area contributed by atoms with E-state index in [0.717, 1.165) is 28.2 Å². The second kappa shape index (κ2) is 5.41. The van der Waals surface area contributed by atoms with Crippen LogP contribution in [0.1, 0.15) is 30.0 Å². The van der Waals surface area contributed by atoms with Gasteiger partial charge in [-0.25, -0.2) is 4.98 Å². The van der Waals surface area contributed by atoms with E-state index in [1.165, 1.54) is 5.56 Å². The van der Waals surface area contributed by atoms with Crippen molar-refractivity contribution in [1.29, 1.82) is 0 Å². The molecule has 1 N–H and O–H groups in total. The second-order valence-corrected chi connectivity index (χ2v) is 5.75. The van der Waals surface area contributed by atoms with Crippen molar-refractivity contribution in [3.63, 3.8) is 0 Å². The van der Waals surface area contributed by atoms with Gasteiger partial charge in [-0.05, 0) is 56.2 Å². The second-order valence-electron chi connectivity index (χ2n) is 5.31. The standard InChI is InChI=1S/C17H17ClN2O/c1-10-4-5-11(2)16(8-10)21-12(3)17-19-14-7-6-13(18)9-15(14)20-17/h4-9,12H,1-3H3,(H,19,20)/t12-/m1/s1. The molecule has 0 fully saturated rings. The topological polar surface area (TPSA) is 37.9 Å². The normalized spacial score (nSPS) is 12.6. The Bertz CT molecular complexity index is 795. The van der Waals surface area contributed by atoms with E-state index in [0.29, 0.717) is 5.02 Å². The fourth-order valence-corrected chi connectivity index (χ4v) is 2.45. The third-order valence-corrected chi connectivity index (χ3v) is 3.73. The summed E-state index contributed by atoms with van der Waals surface area (Å²) >= 11 is 6.00. The number of hydrogen-bond donors (Lipinski definition) is 1. The lowest BCUT2D eigenvalue weighted by molar-refractivity contribution is 0.216. The van der Waals surface area contributed by atoms with E-state index in [1.54, 1.807) is 0 Å². The first kappa shape index (κ1) is 14.0. The maximum atomic E-state index is 6.05. The highest BCUT2D eigenvalue weighted by atomic mass is 35.5. The summed E-state index contributed by atoms with van der Waals surface area (Å²) in [5, 5.41) is 0.695. The lowest BCUT2D eigenvalue weighted by atomic mass is 10.1. The largest absolute Gasteiger partial charge is 0.483 e. The van der Waals surface area contributed by atoms with Gasteiger partial charge in [-0.15, -0.1) is 0 Å². The van der Waals surface area contributed by atoms with Gasteiger partial charge in [0.25, 0.3) is 0 Å². The van der Waals surface area contributed by atoms with Gasteiger partial charge < -0.3 is 9.72 Å². The average Bonchev–Trinajstić information content (AvgIpc) is 2.86. The first-order chi connectivity index (χ1) is 10.0. The maximum Gasteiger partial charge on any atom is 0.153 e. The number of rotatable bonds is 3. The Labute approximate surface area is 128 Å². The van der Waals surface area contributed by atoms with Gasteiger partial charge in [0.2, 0.25) is 0 Å². The van der Waals surface area contributed by atoms with Crippen molar-refractivity contribution in [3.05, 3.63) is 58.4 Å². The van der Waals surface area contributed by atoms with Crippen LogP contribution in [0.4, 0.5) is 0 Å². The third kappa shape index (κ3) is 2.88. The van der Waals surface area contributed by atoms with Crippen LogP contribution in [-0.4, -0.2) is 9.97 Å². The molecule has 3 nitrogen and oxygen atoms in total. The van der Waals surface area contributed by atoms with Crippen LogP contribution in [0.25, 0.3) is 11.0 Å².